The van der Waals surface area contributed by atoms with Crippen molar-refractivity contribution in [3.05, 3.63) is 48.5 Å². The number of benzene rings is 3. The zero-order valence-electron chi connectivity index (χ0n) is 13.3. The zero-order chi connectivity index (χ0) is 16.4. The van der Waals surface area contributed by atoms with Crippen molar-refractivity contribution in [1.82, 2.24) is 0 Å². The summed E-state index contributed by atoms with van der Waals surface area (Å²) in [6.45, 7) is 0. The molecule has 23 heavy (non-hydrogen) atoms. The van der Waals surface area contributed by atoms with Gasteiger partial charge in [0.05, 0.1) is 0 Å². The molecule has 0 aliphatic rings. The topological polar surface area (TPSA) is 27.7 Å². The van der Waals surface area contributed by atoms with Crippen LogP contribution in [0.3, 0.4) is 0 Å². The van der Waals surface area contributed by atoms with E-state index < -0.39 is 0 Å². The Morgan fingerprint density at radius 3 is 2.04 bits per heavy atom. The summed E-state index contributed by atoms with van der Waals surface area (Å²) in [6, 6.07) is 16.5. The molecule has 0 aliphatic carbocycles. The predicted octanol–water partition coefficient (Wildman–Crippen LogP) is 3.33. The molecule has 0 aliphatic heterocycles. The van der Waals surface area contributed by atoms with Crippen LogP contribution in [0.25, 0.3) is 21.9 Å². The van der Waals surface area contributed by atoms with E-state index in [0.717, 1.165) is 15.6 Å². The summed E-state index contributed by atoms with van der Waals surface area (Å²) in [5.41, 5.74) is 2.11. The Morgan fingerprint density at radius 1 is 0.783 bits per heavy atom. The van der Waals surface area contributed by atoms with E-state index in [1.165, 1.54) is 10.8 Å². The van der Waals surface area contributed by atoms with Crippen LogP contribution < -0.4 is 18.7 Å². The standard InChI is InChI=1S/C19H17O3Se/c1-20-16-10-13(11-17(21-2)18(16)22-3)15-9-8-12-6-4-5-7-14(12)19(15)23/h4-11H,1-3H3. The van der Waals surface area contributed by atoms with Gasteiger partial charge >= 0.3 is 144 Å². The molecular formula is C19H17O3Se. The molecule has 0 unspecified atom stereocenters. The second kappa shape index (κ2) is 6.53. The van der Waals surface area contributed by atoms with Gasteiger partial charge in [-0.25, -0.2) is 0 Å². The van der Waals surface area contributed by atoms with Gasteiger partial charge in [0.2, 0.25) is 0 Å². The van der Waals surface area contributed by atoms with Gasteiger partial charge in [0.15, 0.2) is 0 Å². The Kier molecular flexibility index (Phi) is 4.46. The van der Waals surface area contributed by atoms with Crippen LogP contribution in [0.1, 0.15) is 0 Å². The molecule has 3 aromatic rings. The fraction of sp³-hybridized carbons (Fsp3) is 0.158. The first-order valence-electron chi connectivity index (χ1n) is 7.18. The first-order chi connectivity index (χ1) is 11.2. The number of ether oxygens (including phenoxy) is 3. The summed E-state index contributed by atoms with van der Waals surface area (Å²) in [7, 11) is 4.86. The van der Waals surface area contributed by atoms with Crippen LogP contribution in [0.2, 0.25) is 0 Å². The SMILES string of the molecule is COc1cc(-c2ccc3ccccc3c2[Se])cc(OC)c1OC. The van der Waals surface area contributed by atoms with Gasteiger partial charge in [0, 0.05) is 0 Å². The third-order valence-electron chi connectivity index (χ3n) is 3.86. The van der Waals surface area contributed by atoms with E-state index in [1.54, 1.807) is 21.3 Å². The van der Waals surface area contributed by atoms with Crippen LogP contribution in [0.4, 0.5) is 0 Å². The van der Waals surface area contributed by atoms with Crippen molar-refractivity contribution in [3.8, 4) is 28.4 Å². The van der Waals surface area contributed by atoms with Crippen molar-refractivity contribution in [3.63, 3.8) is 0 Å². The molecule has 3 aromatic carbocycles. The van der Waals surface area contributed by atoms with E-state index >= 15 is 0 Å². The molecule has 0 saturated carbocycles. The van der Waals surface area contributed by atoms with Gasteiger partial charge in [-0.15, -0.1) is 0 Å². The van der Waals surface area contributed by atoms with Crippen LogP contribution in [0.15, 0.2) is 48.5 Å². The maximum absolute atomic E-state index is 5.45. The van der Waals surface area contributed by atoms with Gasteiger partial charge in [-0.2, -0.15) is 0 Å². The summed E-state index contributed by atoms with van der Waals surface area (Å²) in [6.07, 6.45) is 0. The second-order valence-corrected chi connectivity index (χ2v) is 5.93. The number of methoxy groups -OCH3 is 3. The first kappa shape index (κ1) is 15.7. The summed E-state index contributed by atoms with van der Waals surface area (Å²) >= 11 is 3.20. The van der Waals surface area contributed by atoms with Gasteiger partial charge in [-0.1, -0.05) is 0 Å². The Labute approximate surface area is 144 Å². The summed E-state index contributed by atoms with van der Waals surface area (Å²) in [5.74, 6) is 1.89. The number of rotatable bonds is 4. The minimum atomic E-state index is 0.598. The average molecular weight is 372 g/mol. The third-order valence-corrected chi connectivity index (χ3v) is 4.78. The molecule has 0 saturated heterocycles. The van der Waals surface area contributed by atoms with E-state index in [0.29, 0.717) is 17.2 Å². The maximum atomic E-state index is 5.45. The quantitative estimate of drug-likeness (QED) is 0.658. The van der Waals surface area contributed by atoms with E-state index in [2.05, 4.69) is 40.3 Å². The molecule has 0 bridgehead atoms. The van der Waals surface area contributed by atoms with Gasteiger partial charge in [0.1, 0.15) is 0 Å². The van der Waals surface area contributed by atoms with Gasteiger partial charge < -0.3 is 0 Å². The molecule has 0 aromatic heterocycles. The average Bonchev–Trinajstić information content (AvgIpc) is 2.61. The van der Waals surface area contributed by atoms with Gasteiger partial charge in [0.25, 0.3) is 0 Å². The monoisotopic (exact) mass is 373 g/mol. The van der Waals surface area contributed by atoms with E-state index in [4.69, 9.17) is 14.2 Å². The number of hydrogen-bond donors (Lipinski definition) is 0. The molecule has 0 spiro atoms. The fourth-order valence-electron chi connectivity index (χ4n) is 2.71. The molecule has 3 rings (SSSR count). The van der Waals surface area contributed by atoms with Gasteiger partial charge in [-0.05, 0) is 0 Å². The molecule has 3 nitrogen and oxygen atoms in total. The zero-order valence-corrected chi connectivity index (χ0v) is 15.0. The van der Waals surface area contributed by atoms with Crippen molar-refractivity contribution in [2.24, 2.45) is 0 Å². The molecule has 4 heteroatoms. The van der Waals surface area contributed by atoms with Crippen molar-refractivity contribution in [1.29, 1.82) is 0 Å². The molecule has 1 radical (unpaired) electrons. The first-order valence-corrected chi connectivity index (χ1v) is 8.04. The Bertz CT molecular complexity index is 833. The van der Waals surface area contributed by atoms with Crippen molar-refractivity contribution < 1.29 is 14.2 Å². The number of hydrogen-bond acceptors (Lipinski definition) is 3. The van der Waals surface area contributed by atoms with Crippen LogP contribution in [-0.2, 0) is 0 Å². The predicted molar refractivity (Wildman–Crippen MR) is 94.4 cm³/mol. The van der Waals surface area contributed by atoms with E-state index in [1.807, 2.05) is 24.3 Å². The Morgan fingerprint density at radius 2 is 1.43 bits per heavy atom. The van der Waals surface area contributed by atoms with Crippen LogP contribution in [0.5, 0.6) is 17.2 Å². The van der Waals surface area contributed by atoms with Gasteiger partial charge in [-0.3, -0.25) is 0 Å². The molecule has 0 heterocycles. The number of fused-ring (bicyclic) bond motifs is 1. The van der Waals surface area contributed by atoms with Crippen molar-refractivity contribution in [2.75, 3.05) is 21.3 Å². The summed E-state index contributed by atoms with van der Waals surface area (Å²) in [4.78, 5) is 0. The summed E-state index contributed by atoms with van der Waals surface area (Å²) < 4.78 is 17.4. The molecule has 0 amide bonds. The Balaban J connectivity index is 2.24. The van der Waals surface area contributed by atoms with Crippen LogP contribution in [0, 0.1) is 0 Å². The molecule has 0 fully saturated rings. The van der Waals surface area contributed by atoms with E-state index in [9.17, 15) is 0 Å². The Hall–Kier alpha value is -2.16. The third kappa shape index (κ3) is 2.76. The van der Waals surface area contributed by atoms with Crippen LogP contribution in [-0.4, -0.2) is 37.3 Å². The molecular weight excluding hydrogens is 355 g/mol. The van der Waals surface area contributed by atoms with Crippen molar-refractivity contribution >= 4 is 31.2 Å². The molecule has 117 valence electrons. The molecule has 0 N–H and O–H groups in total. The van der Waals surface area contributed by atoms with Crippen molar-refractivity contribution in [2.45, 2.75) is 0 Å². The normalized spacial score (nSPS) is 10.6. The van der Waals surface area contributed by atoms with Crippen LogP contribution >= 0.6 is 0 Å². The second-order valence-electron chi connectivity index (χ2n) is 5.08. The fourth-order valence-corrected chi connectivity index (χ4v) is 3.49. The van der Waals surface area contributed by atoms with E-state index in [-0.39, 0.29) is 0 Å². The summed E-state index contributed by atoms with van der Waals surface area (Å²) in [5, 5.41) is 2.40. The molecule has 0 atom stereocenters. The minimum absolute atomic E-state index is 0.598.